The number of amides is 1. The first-order valence-electron chi connectivity index (χ1n) is 8.99. The predicted octanol–water partition coefficient (Wildman–Crippen LogP) is 2.93. The molecule has 1 atom stereocenters. The molecule has 4 rings (SSSR count). The Morgan fingerprint density at radius 2 is 2.14 bits per heavy atom. The summed E-state index contributed by atoms with van der Waals surface area (Å²) in [7, 11) is 0. The maximum Gasteiger partial charge on any atom is 0.257 e. The van der Waals surface area contributed by atoms with E-state index in [0.29, 0.717) is 17.9 Å². The summed E-state index contributed by atoms with van der Waals surface area (Å²) in [6, 6.07) is 9.30. The number of thioether (sulfide) groups is 1. The molecule has 1 aromatic carbocycles. The fourth-order valence-corrected chi connectivity index (χ4v) is 3.69. The SMILES string of the molecule is CSCC[C@@H](NC(=O)c1c[nH]c2c(F)cccc2c1=O)c1nnc2ccccn12. The summed E-state index contributed by atoms with van der Waals surface area (Å²) in [6.07, 6.45) is 5.66. The molecule has 0 aliphatic rings. The lowest BCUT2D eigenvalue weighted by Crippen LogP contribution is -2.33. The van der Waals surface area contributed by atoms with Gasteiger partial charge in [-0.15, -0.1) is 10.2 Å². The van der Waals surface area contributed by atoms with Crippen LogP contribution >= 0.6 is 11.8 Å². The van der Waals surface area contributed by atoms with Crippen LogP contribution in [0.3, 0.4) is 0 Å². The van der Waals surface area contributed by atoms with Gasteiger partial charge in [0.15, 0.2) is 11.5 Å². The van der Waals surface area contributed by atoms with Gasteiger partial charge in [-0.25, -0.2) is 4.39 Å². The van der Waals surface area contributed by atoms with Crippen LogP contribution in [-0.2, 0) is 0 Å². The normalized spacial score (nSPS) is 12.3. The number of hydrogen-bond acceptors (Lipinski definition) is 5. The van der Waals surface area contributed by atoms with Crippen molar-refractivity contribution in [3.63, 3.8) is 0 Å². The molecule has 148 valence electrons. The first-order valence-corrected chi connectivity index (χ1v) is 10.4. The minimum absolute atomic E-state index is 0.0777. The number of nitrogens with zero attached hydrogens (tertiary/aromatic N) is 3. The van der Waals surface area contributed by atoms with Crippen LogP contribution in [0, 0.1) is 5.82 Å². The van der Waals surface area contributed by atoms with Gasteiger partial charge < -0.3 is 10.3 Å². The average Bonchev–Trinajstić information content (AvgIpc) is 3.16. The fourth-order valence-electron chi connectivity index (χ4n) is 3.22. The molecule has 9 heteroatoms. The van der Waals surface area contributed by atoms with Crippen LogP contribution < -0.4 is 10.7 Å². The van der Waals surface area contributed by atoms with E-state index in [9.17, 15) is 14.0 Å². The van der Waals surface area contributed by atoms with Gasteiger partial charge in [0.05, 0.1) is 11.6 Å². The van der Waals surface area contributed by atoms with Gasteiger partial charge in [0.2, 0.25) is 5.43 Å². The number of aromatic nitrogens is 4. The molecule has 0 radical (unpaired) electrons. The fraction of sp³-hybridized carbons (Fsp3) is 0.200. The number of benzene rings is 1. The van der Waals surface area contributed by atoms with Crippen molar-refractivity contribution in [3.8, 4) is 0 Å². The third-order valence-electron chi connectivity index (χ3n) is 4.68. The first-order chi connectivity index (χ1) is 14.1. The molecule has 4 aromatic rings. The average molecular weight is 411 g/mol. The van der Waals surface area contributed by atoms with E-state index in [1.54, 1.807) is 11.8 Å². The molecular formula is C20H18FN5O2S. The topological polar surface area (TPSA) is 92.1 Å². The number of carbonyl (C=O) groups excluding carboxylic acids is 1. The van der Waals surface area contributed by atoms with Crippen LogP contribution in [0.15, 0.2) is 53.6 Å². The zero-order valence-electron chi connectivity index (χ0n) is 15.6. The van der Waals surface area contributed by atoms with E-state index in [0.717, 1.165) is 5.75 Å². The lowest BCUT2D eigenvalue weighted by molar-refractivity contribution is 0.0932. The summed E-state index contributed by atoms with van der Waals surface area (Å²) >= 11 is 1.64. The Morgan fingerprint density at radius 3 is 2.97 bits per heavy atom. The zero-order valence-corrected chi connectivity index (χ0v) is 16.4. The number of pyridine rings is 2. The summed E-state index contributed by atoms with van der Waals surface area (Å²) in [6.45, 7) is 0. The summed E-state index contributed by atoms with van der Waals surface area (Å²) in [5.41, 5.74) is 0.151. The van der Waals surface area contributed by atoms with E-state index in [1.165, 1.54) is 24.4 Å². The van der Waals surface area contributed by atoms with Crippen molar-refractivity contribution in [2.75, 3.05) is 12.0 Å². The van der Waals surface area contributed by atoms with Gasteiger partial charge in [-0.05, 0) is 42.7 Å². The lowest BCUT2D eigenvalue weighted by atomic mass is 10.1. The number of fused-ring (bicyclic) bond motifs is 2. The van der Waals surface area contributed by atoms with Crippen molar-refractivity contribution in [1.29, 1.82) is 0 Å². The third kappa shape index (κ3) is 3.61. The van der Waals surface area contributed by atoms with Crippen LogP contribution in [0.5, 0.6) is 0 Å². The molecule has 0 aliphatic carbocycles. The Balaban J connectivity index is 1.69. The highest BCUT2D eigenvalue weighted by Gasteiger charge is 2.23. The highest BCUT2D eigenvalue weighted by molar-refractivity contribution is 7.98. The van der Waals surface area contributed by atoms with Crippen molar-refractivity contribution in [3.05, 3.63) is 76.2 Å². The molecule has 1 amide bonds. The number of hydrogen-bond donors (Lipinski definition) is 2. The first kappa shape index (κ1) is 19.1. The molecule has 0 saturated heterocycles. The van der Waals surface area contributed by atoms with Crippen molar-refractivity contribution in [2.24, 2.45) is 0 Å². The van der Waals surface area contributed by atoms with E-state index >= 15 is 0 Å². The number of aromatic amines is 1. The predicted molar refractivity (Wildman–Crippen MR) is 111 cm³/mol. The van der Waals surface area contributed by atoms with Crippen molar-refractivity contribution in [1.82, 2.24) is 24.9 Å². The van der Waals surface area contributed by atoms with Gasteiger partial charge in [0.1, 0.15) is 11.4 Å². The Labute approximate surface area is 169 Å². The second kappa shape index (κ2) is 8.04. The van der Waals surface area contributed by atoms with E-state index in [-0.39, 0.29) is 16.5 Å². The summed E-state index contributed by atoms with van der Waals surface area (Å²) in [5, 5.41) is 11.4. The van der Waals surface area contributed by atoms with Gasteiger partial charge in [-0.1, -0.05) is 12.1 Å². The molecule has 0 spiro atoms. The second-order valence-corrected chi connectivity index (χ2v) is 7.47. The largest absolute Gasteiger partial charge is 0.358 e. The molecule has 0 fully saturated rings. The molecule has 3 aromatic heterocycles. The van der Waals surface area contributed by atoms with E-state index in [4.69, 9.17) is 0 Å². The molecule has 0 unspecified atom stereocenters. The second-order valence-electron chi connectivity index (χ2n) is 6.49. The Morgan fingerprint density at radius 1 is 1.28 bits per heavy atom. The van der Waals surface area contributed by atoms with Crippen molar-refractivity contribution in [2.45, 2.75) is 12.5 Å². The molecule has 2 N–H and O–H groups in total. The van der Waals surface area contributed by atoms with Crippen LogP contribution in [0.25, 0.3) is 16.6 Å². The van der Waals surface area contributed by atoms with Gasteiger partial charge in [0.25, 0.3) is 5.91 Å². The Hall–Kier alpha value is -3.20. The smallest absolute Gasteiger partial charge is 0.257 e. The molecule has 0 saturated carbocycles. The molecule has 7 nitrogen and oxygen atoms in total. The standard InChI is InChI=1S/C20H18FN5O2S/c1-29-10-8-15(19-25-24-16-7-2-3-9-26(16)19)23-20(28)13-11-22-17-12(18(13)27)5-4-6-14(17)21/h2-7,9,11,15H,8,10H2,1H3,(H,22,27)(H,23,28)/t15-/m1/s1. The molecule has 0 aliphatic heterocycles. The van der Waals surface area contributed by atoms with Crippen LogP contribution in [0.1, 0.15) is 28.6 Å². The van der Waals surface area contributed by atoms with E-state index in [2.05, 4.69) is 20.5 Å². The summed E-state index contributed by atoms with van der Waals surface area (Å²) < 4.78 is 15.7. The number of rotatable bonds is 6. The van der Waals surface area contributed by atoms with Gasteiger partial charge in [0, 0.05) is 17.8 Å². The van der Waals surface area contributed by atoms with Gasteiger partial charge in [-0.2, -0.15) is 11.8 Å². The Bertz CT molecular complexity index is 1250. The number of halogens is 1. The van der Waals surface area contributed by atoms with Crippen molar-refractivity contribution >= 4 is 34.2 Å². The van der Waals surface area contributed by atoms with Crippen LogP contribution in [-0.4, -0.2) is 37.5 Å². The third-order valence-corrected chi connectivity index (χ3v) is 5.32. The molecule has 29 heavy (non-hydrogen) atoms. The molecule has 3 heterocycles. The summed E-state index contributed by atoms with van der Waals surface area (Å²) in [5.74, 6) is 0.285. The number of H-pyrrole nitrogens is 1. The minimum atomic E-state index is -0.545. The highest BCUT2D eigenvalue weighted by Crippen LogP contribution is 2.19. The molecule has 0 bridgehead atoms. The Kier molecular flexibility index (Phi) is 5.30. The van der Waals surface area contributed by atoms with Crippen LogP contribution in [0.4, 0.5) is 4.39 Å². The quantitative estimate of drug-likeness (QED) is 0.509. The number of para-hydroxylation sites is 1. The van der Waals surface area contributed by atoms with E-state index < -0.39 is 23.2 Å². The molecular weight excluding hydrogens is 393 g/mol. The monoisotopic (exact) mass is 411 g/mol. The van der Waals surface area contributed by atoms with Gasteiger partial charge >= 0.3 is 0 Å². The van der Waals surface area contributed by atoms with Gasteiger partial charge in [-0.3, -0.25) is 14.0 Å². The van der Waals surface area contributed by atoms with Crippen molar-refractivity contribution < 1.29 is 9.18 Å². The highest BCUT2D eigenvalue weighted by atomic mass is 32.2. The maximum atomic E-state index is 13.9. The maximum absolute atomic E-state index is 13.9. The lowest BCUT2D eigenvalue weighted by Gasteiger charge is -2.17. The minimum Gasteiger partial charge on any atom is -0.358 e. The number of nitrogens with one attached hydrogen (secondary N) is 2. The van der Waals surface area contributed by atoms with Crippen LogP contribution in [0.2, 0.25) is 0 Å². The summed E-state index contributed by atoms with van der Waals surface area (Å²) in [4.78, 5) is 28.4. The van der Waals surface area contributed by atoms with E-state index in [1.807, 2.05) is 35.1 Å². The zero-order chi connectivity index (χ0) is 20.4. The number of carbonyl (C=O) groups is 1.